The molecule has 0 bridgehead atoms. The number of benzene rings is 1. The van der Waals surface area contributed by atoms with Gasteiger partial charge in [0.2, 0.25) is 0 Å². The molecule has 5 heteroatoms. The Balaban J connectivity index is 2.02. The minimum atomic E-state index is 0.330. The Morgan fingerprint density at radius 1 is 1.58 bits per heavy atom. The number of halogens is 1. The Morgan fingerprint density at radius 3 is 2.84 bits per heavy atom. The molecule has 3 nitrogen and oxygen atoms in total. The van der Waals surface area contributed by atoms with Crippen LogP contribution in [0, 0.1) is 0 Å². The number of rotatable bonds is 6. The van der Waals surface area contributed by atoms with Gasteiger partial charge >= 0.3 is 0 Å². The number of nitrogens with two attached hydrogens (primary N) is 1. The van der Waals surface area contributed by atoms with Gasteiger partial charge in [-0.25, -0.2) is 0 Å². The van der Waals surface area contributed by atoms with Crippen LogP contribution >= 0.6 is 23.8 Å². The van der Waals surface area contributed by atoms with E-state index < -0.39 is 0 Å². The highest BCUT2D eigenvalue weighted by Crippen LogP contribution is 2.28. The van der Waals surface area contributed by atoms with Crippen molar-refractivity contribution in [2.24, 2.45) is 5.73 Å². The molecule has 1 aromatic carbocycles. The Bertz CT molecular complexity index is 474. The molecule has 0 saturated heterocycles. The van der Waals surface area contributed by atoms with Crippen LogP contribution in [0.1, 0.15) is 25.3 Å². The zero-order chi connectivity index (χ0) is 14.0. The van der Waals surface area contributed by atoms with E-state index in [2.05, 4.69) is 24.2 Å². The van der Waals surface area contributed by atoms with Crippen LogP contribution in [0.5, 0.6) is 0 Å². The minimum Gasteiger partial charge on any atom is -0.389 e. The third kappa shape index (κ3) is 3.59. The third-order valence-electron chi connectivity index (χ3n) is 3.67. The van der Waals surface area contributed by atoms with Crippen LogP contribution < -0.4 is 11.1 Å². The Hall–Kier alpha value is -0.840. The summed E-state index contributed by atoms with van der Waals surface area (Å²) in [6, 6.07) is 6.89. The van der Waals surface area contributed by atoms with Crippen LogP contribution in [0.25, 0.3) is 0 Å². The van der Waals surface area contributed by atoms with Gasteiger partial charge in [-0.05, 0) is 38.9 Å². The molecule has 0 amide bonds. The summed E-state index contributed by atoms with van der Waals surface area (Å²) in [5.74, 6) is 0. The fraction of sp³-hybridized carbons (Fsp3) is 0.500. The molecule has 1 aliphatic rings. The number of nitrogens with one attached hydrogen (secondary N) is 1. The molecule has 0 aromatic heterocycles. The van der Waals surface area contributed by atoms with Crippen molar-refractivity contribution in [2.75, 3.05) is 18.9 Å². The molecule has 1 unspecified atom stereocenters. The van der Waals surface area contributed by atoms with Gasteiger partial charge in [0, 0.05) is 24.3 Å². The lowest BCUT2D eigenvalue weighted by Gasteiger charge is -2.25. The number of anilines is 1. The molecule has 1 aromatic rings. The number of hydrogen-bond donors (Lipinski definition) is 2. The summed E-state index contributed by atoms with van der Waals surface area (Å²) in [6.45, 7) is 3.07. The molecule has 1 atom stereocenters. The maximum atomic E-state index is 6.14. The minimum absolute atomic E-state index is 0.330. The van der Waals surface area contributed by atoms with Crippen molar-refractivity contribution < 1.29 is 0 Å². The molecule has 0 radical (unpaired) electrons. The van der Waals surface area contributed by atoms with Gasteiger partial charge in [-0.15, -0.1) is 0 Å². The van der Waals surface area contributed by atoms with Crippen LogP contribution in [0.15, 0.2) is 18.2 Å². The monoisotopic (exact) mass is 297 g/mol. The Kier molecular flexibility index (Phi) is 4.66. The molecule has 104 valence electrons. The second kappa shape index (κ2) is 6.07. The van der Waals surface area contributed by atoms with Crippen molar-refractivity contribution in [3.63, 3.8) is 0 Å². The normalized spacial score (nSPS) is 16.4. The van der Waals surface area contributed by atoms with Gasteiger partial charge in [0.25, 0.3) is 0 Å². The molecule has 0 spiro atoms. The van der Waals surface area contributed by atoms with E-state index in [-0.39, 0.29) is 0 Å². The quantitative estimate of drug-likeness (QED) is 0.792. The summed E-state index contributed by atoms with van der Waals surface area (Å²) in [5, 5.41) is 4.00. The highest BCUT2D eigenvalue weighted by Gasteiger charge is 2.28. The molecule has 0 aliphatic heterocycles. The van der Waals surface area contributed by atoms with Crippen molar-refractivity contribution in [1.82, 2.24) is 4.90 Å². The predicted molar refractivity (Wildman–Crippen MR) is 86.1 cm³/mol. The topological polar surface area (TPSA) is 41.3 Å². The van der Waals surface area contributed by atoms with Gasteiger partial charge in [0.05, 0.1) is 10.6 Å². The number of likely N-dealkylation sites (N-methyl/N-ethyl adjacent to an activating group) is 1. The standard InChI is InChI=1S/C14H20ClN3S/c1-9(18(2)10-6-7-10)8-17-12-5-3-4-11(15)13(12)14(16)19/h3-5,9-10,17H,6-8H2,1-2H3,(H2,16,19). The zero-order valence-electron chi connectivity index (χ0n) is 11.3. The smallest absolute Gasteiger partial charge is 0.107 e. The Labute approximate surface area is 125 Å². The van der Waals surface area contributed by atoms with Crippen LogP contribution in [-0.4, -0.2) is 35.6 Å². The summed E-state index contributed by atoms with van der Waals surface area (Å²) in [4.78, 5) is 2.74. The molecule has 3 N–H and O–H groups in total. The van der Waals surface area contributed by atoms with Crippen LogP contribution in [0.2, 0.25) is 5.02 Å². The fourth-order valence-corrected chi connectivity index (χ4v) is 2.72. The first-order valence-electron chi connectivity index (χ1n) is 6.55. The maximum absolute atomic E-state index is 6.14. The van der Waals surface area contributed by atoms with Crippen LogP contribution in [0.3, 0.4) is 0 Å². The maximum Gasteiger partial charge on any atom is 0.107 e. The van der Waals surface area contributed by atoms with E-state index in [0.29, 0.717) is 16.1 Å². The molecule has 19 heavy (non-hydrogen) atoms. The average Bonchev–Trinajstić information content (AvgIpc) is 3.18. The van der Waals surface area contributed by atoms with E-state index >= 15 is 0 Å². The lowest BCUT2D eigenvalue weighted by Crippen LogP contribution is -2.36. The SMILES string of the molecule is CC(CNc1cccc(Cl)c1C(N)=S)N(C)C1CC1. The molecule has 2 rings (SSSR count). The van der Waals surface area contributed by atoms with Gasteiger partial charge in [-0.1, -0.05) is 29.9 Å². The summed E-state index contributed by atoms with van der Waals surface area (Å²) in [6.07, 6.45) is 2.63. The number of nitrogens with zero attached hydrogens (tertiary/aromatic N) is 1. The van der Waals surface area contributed by atoms with E-state index in [1.54, 1.807) is 6.07 Å². The van der Waals surface area contributed by atoms with Crippen molar-refractivity contribution in [1.29, 1.82) is 0 Å². The summed E-state index contributed by atoms with van der Waals surface area (Å²) < 4.78 is 0. The highest BCUT2D eigenvalue weighted by atomic mass is 35.5. The van der Waals surface area contributed by atoms with Crippen molar-refractivity contribution in [3.8, 4) is 0 Å². The second-order valence-corrected chi connectivity index (χ2v) is 6.00. The van der Waals surface area contributed by atoms with E-state index in [0.717, 1.165) is 23.8 Å². The molecule has 1 fully saturated rings. The zero-order valence-corrected chi connectivity index (χ0v) is 12.9. The van der Waals surface area contributed by atoms with Crippen LogP contribution in [-0.2, 0) is 0 Å². The van der Waals surface area contributed by atoms with Gasteiger partial charge in [-0.2, -0.15) is 0 Å². The van der Waals surface area contributed by atoms with E-state index in [1.807, 2.05) is 12.1 Å². The lowest BCUT2D eigenvalue weighted by atomic mass is 10.1. The van der Waals surface area contributed by atoms with E-state index in [4.69, 9.17) is 29.6 Å². The molecule has 0 heterocycles. The summed E-state index contributed by atoms with van der Waals surface area (Å²) in [5.41, 5.74) is 7.39. The van der Waals surface area contributed by atoms with E-state index in [9.17, 15) is 0 Å². The molecule has 1 saturated carbocycles. The van der Waals surface area contributed by atoms with E-state index in [1.165, 1.54) is 12.8 Å². The highest BCUT2D eigenvalue weighted by molar-refractivity contribution is 7.80. The average molecular weight is 298 g/mol. The summed E-state index contributed by atoms with van der Waals surface area (Å²) in [7, 11) is 2.18. The predicted octanol–water partition coefficient (Wildman–Crippen LogP) is 2.87. The Morgan fingerprint density at radius 2 is 2.26 bits per heavy atom. The van der Waals surface area contributed by atoms with Crippen molar-refractivity contribution >= 4 is 34.5 Å². The lowest BCUT2D eigenvalue weighted by molar-refractivity contribution is 0.257. The number of hydrogen-bond acceptors (Lipinski definition) is 3. The fourth-order valence-electron chi connectivity index (χ4n) is 2.17. The van der Waals surface area contributed by atoms with Gasteiger partial charge < -0.3 is 11.1 Å². The first-order valence-corrected chi connectivity index (χ1v) is 7.33. The van der Waals surface area contributed by atoms with Crippen LogP contribution in [0.4, 0.5) is 5.69 Å². The third-order valence-corrected chi connectivity index (χ3v) is 4.19. The molecule has 1 aliphatic carbocycles. The summed E-state index contributed by atoms with van der Waals surface area (Å²) >= 11 is 11.2. The van der Waals surface area contributed by atoms with Crippen molar-refractivity contribution in [3.05, 3.63) is 28.8 Å². The van der Waals surface area contributed by atoms with Gasteiger partial charge in [0.1, 0.15) is 4.99 Å². The second-order valence-electron chi connectivity index (χ2n) is 5.15. The first kappa shape index (κ1) is 14.6. The largest absolute Gasteiger partial charge is 0.389 e. The number of thiocarbonyl (C=S) groups is 1. The first-order chi connectivity index (χ1) is 9.00. The van der Waals surface area contributed by atoms with Gasteiger partial charge in [-0.3, -0.25) is 4.90 Å². The molecular weight excluding hydrogens is 278 g/mol. The molecular formula is C14H20ClN3S. The van der Waals surface area contributed by atoms with Gasteiger partial charge in [0.15, 0.2) is 0 Å². The van der Waals surface area contributed by atoms with Crippen molar-refractivity contribution in [2.45, 2.75) is 31.8 Å².